The molecule has 0 unspecified atom stereocenters. The maximum Gasteiger partial charge on any atom is 0.279 e. The summed E-state index contributed by atoms with van der Waals surface area (Å²) in [4.78, 5) is 21.0. The smallest absolute Gasteiger partial charge is 0.279 e. The number of fused-ring (bicyclic) bond motifs is 1. The van der Waals surface area contributed by atoms with Crippen LogP contribution in [0.2, 0.25) is 0 Å². The van der Waals surface area contributed by atoms with Crippen LogP contribution in [0, 0.1) is 13.8 Å². The number of nitrogens with one attached hydrogen (secondary N) is 1. The van der Waals surface area contributed by atoms with Gasteiger partial charge in [0, 0.05) is 15.4 Å². The fraction of sp³-hybridized carbons (Fsp3) is 0.105. The lowest BCUT2D eigenvalue weighted by Crippen LogP contribution is -2.22. The summed E-state index contributed by atoms with van der Waals surface area (Å²) in [6, 6.07) is 11.3. The molecule has 0 saturated heterocycles. The topological polar surface area (TPSA) is 74.6 Å². The number of carbonyl (C=O) groups is 1. The number of halogens is 1. The van der Waals surface area contributed by atoms with Gasteiger partial charge in [0.25, 0.3) is 5.91 Å². The molecule has 1 amide bonds. The first-order valence-corrected chi connectivity index (χ1v) is 9.51. The third-order valence-electron chi connectivity index (χ3n) is 4.13. The zero-order valence-corrected chi connectivity index (χ0v) is 16.4. The summed E-state index contributed by atoms with van der Waals surface area (Å²) in [6.07, 6.45) is 0. The Kier molecular flexibility index (Phi) is 4.13. The van der Waals surface area contributed by atoms with Gasteiger partial charge in [-0.3, -0.25) is 4.79 Å². The fourth-order valence-corrected chi connectivity index (χ4v) is 4.11. The van der Waals surface area contributed by atoms with Gasteiger partial charge in [-0.1, -0.05) is 45.5 Å². The highest BCUT2D eigenvalue weighted by atomic mass is 79.9. The summed E-state index contributed by atoms with van der Waals surface area (Å²) in [5.74, 6) is -0.523. The number of anilines is 2. The number of nitrogens with zero attached hydrogens (tertiary/aromatic N) is 2. The number of aromatic nitrogens is 1. The lowest BCUT2D eigenvalue weighted by molar-refractivity contribution is -0.112. The number of amides is 1. The van der Waals surface area contributed by atoms with E-state index >= 15 is 0 Å². The van der Waals surface area contributed by atoms with Crippen molar-refractivity contribution in [2.45, 2.75) is 13.8 Å². The van der Waals surface area contributed by atoms with Crippen molar-refractivity contribution in [2.75, 3.05) is 5.32 Å². The highest BCUT2D eigenvalue weighted by Gasteiger charge is 2.24. The van der Waals surface area contributed by atoms with E-state index in [9.17, 15) is 9.90 Å². The molecule has 0 fully saturated rings. The Hall–Kier alpha value is -2.51. The minimum Gasteiger partial charge on any atom is -0.492 e. The van der Waals surface area contributed by atoms with Crippen LogP contribution in [0.5, 0.6) is 5.88 Å². The maximum atomic E-state index is 12.3. The quantitative estimate of drug-likeness (QED) is 0.671. The second kappa shape index (κ2) is 6.34. The second-order valence-corrected chi connectivity index (χ2v) is 7.82. The van der Waals surface area contributed by atoms with Gasteiger partial charge >= 0.3 is 0 Å². The van der Waals surface area contributed by atoms with E-state index < -0.39 is 0 Å². The van der Waals surface area contributed by atoms with Crippen molar-refractivity contribution in [3.8, 4) is 5.88 Å². The van der Waals surface area contributed by atoms with Gasteiger partial charge in [-0.25, -0.2) is 4.99 Å². The third kappa shape index (κ3) is 2.83. The van der Waals surface area contributed by atoms with Gasteiger partial charge in [-0.2, -0.15) is 4.98 Å². The molecule has 2 heterocycles. The first-order chi connectivity index (χ1) is 12.4. The number of aryl methyl sites for hydroxylation is 2. The van der Waals surface area contributed by atoms with Crippen molar-refractivity contribution in [2.24, 2.45) is 4.99 Å². The average molecular weight is 428 g/mol. The molecule has 2 aromatic carbocycles. The minimum absolute atomic E-state index is 0.168. The molecule has 3 aromatic rings. The summed E-state index contributed by atoms with van der Waals surface area (Å²) >= 11 is 4.78. The number of para-hydroxylation sites is 1. The third-order valence-corrected chi connectivity index (χ3v) is 6.36. The van der Waals surface area contributed by atoms with E-state index in [1.165, 1.54) is 11.3 Å². The monoisotopic (exact) mass is 427 g/mol. The normalized spacial score (nSPS) is 12.9. The van der Waals surface area contributed by atoms with E-state index in [0.717, 1.165) is 26.5 Å². The fourth-order valence-electron chi connectivity index (χ4n) is 2.95. The molecule has 1 aliphatic heterocycles. The molecule has 0 saturated carbocycles. The molecular weight excluding hydrogens is 414 g/mol. The highest BCUT2D eigenvalue weighted by molar-refractivity contribution is 9.10. The molecule has 0 bridgehead atoms. The molecule has 0 radical (unpaired) electrons. The summed E-state index contributed by atoms with van der Waals surface area (Å²) in [5.41, 5.74) is 3.46. The minimum atomic E-state index is -0.355. The van der Waals surface area contributed by atoms with Gasteiger partial charge in [-0.05, 0) is 43.2 Å². The van der Waals surface area contributed by atoms with E-state index in [2.05, 4.69) is 31.2 Å². The van der Waals surface area contributed by atoms with Crippen LogP contribution in [0.25, 0.3) is 5.57 Å². The summed E-state index contributed by atoms with van der Waals surface area (Å²) in [6.45, 7) is 4.02. The molecule has 7 heteroatoms. The van der Waals surface area contributed by atoms with Crippen LogP contribution in [0.3, 0.4) is 0 Å². The first-order valence-electron chi connectivity index (χ1n) is 7.90. The van der Waals surface area contributed by atoms with Crippen LogP contribution < -0.4 is 15.9 Å². The number of rotatable bonds is 3. The van der Waals surface area contributed by atoms with Gasteiger partial charge in [0.15, 0.2) is 5.13 Å². The molecule has 26 heavy (non-hydrogen) atoms. The SMILES string of the molecule is Cc1cc(Nc2nc(O)c(C3=c4ccccc4=NC3=O)s2)cc(C)c1Br. The van der Waals surface area contributed by atoms with Crippen LogP contribution in [0.15, 0.2) is 45.9 Å². The van der Waals surface area contributed by atoms with Crippen molar-refractivity contribution >= 4 is 49.6 Å². The predicted octanol–water partition coefficient (Wildman–Crippen LogP) is 3.33. The van der Waals surface area contributed by atoms with Crippen molar-refractivity contribution in [1.29, 1.82) is 0 Å². The zero-order valence-electron chi connectivity index (χ0n) is 14.0. The predicted molar refractivity (Wildman–Crippen MR) is 105 cm³/mol. The number of carbonyl (C=O) groups excluding carboxylic acids is 1. The molecule has 2 N–H and O–H groups in total. The number of aromatic hydroxyl groups is 1. The Morgan fingerprint density at radius 1 is 1.15 bits per heavy atom. The lowest BCUT2D eigenvalue weighted by Gasteiger charge is -2.08. The summed E-state index contributed by atoms with van der Waals surface area (Å²) in [5, 5.41) is 15.4. The Morgan fingerprint density at radius 3 is 2.58 bits per heavy atom. The molecular formula is C19H14BrN3O2S. The number of hydrogen-bond acceptors (Lipinski definition) is 5. The lowest BCUT2D eigenvalue weighted by atomic mass is 10.1. The molecule has 0 atom stereocenters. The molecule has 1 aliphatic rings. The van der Waals surface area contributed by atoms with Crippen LogP contribution in [-0.2, 0) is 4.79 Å². The van der Waals surface area contributed by atoms with E-state index in [1.54, 1.807) is 6.07 Å². The van der Waals surface area contributed by atoms with Crippen LogP contribution in [0.4, 0.5) is 10.8 Å². The van der Waals surface area contributed by atoms with Gasteiger partial charge in [-0.15, -0.1) is 0 Å². The Bertz CT molecular complexity index is 1160. The molecule has 0 spiro atoms. The molecule has 0 aliphatic carbocycles. The van der Waals surface area contributed by atoms with Gasteiger partial charge in [0.2, 0.25) is 5.88 Å². The second-order valence-electron chi connectivity index (χ2n) is 6.03. The first kappa shape index (κ1) is 16.9. The van der Waals surface area contributed by atoms with E-state index in [4.69, 9.17) is 0 Å². The Labute approximate surface area is 161 Å². The molecule has 5 nitrogen and oxygen atoms in total. The zero-order chi connectivity index (χ0) is 18.4. The highest BCUT2D eigenvalue weighted by Crippen LogP contribution is 2.36. The van der Waals surface area contributed by atoms with Gasteiger partial charge in [0.05, 0.1) is 10.9 Å². The Morgan fingerprint density at radius 2 is 1.85 bits per heavy atom. The average Bonchev–Trinajstić information content (AvgIpc) is 3.10. The van der Waals surface area contributed by atoms with Gasteiger partial charge in [0.1, 0.15) is 4.88 Å². The largest absolute Gasteiger partial charge is 0.492 e. The number of hydrogen-bond donors (Lipinski definition) is 2. The maximum absolute atomic E-state index is 12.3. The van der Waals surface area contributed by atoms with E-state index in [-0.39, 0.29) is 11.8 Å². The molecule has 1 aromatic heterocycles. The van der Waals surface area contributed by atoms with Crippen LogP contribution in [0.1, 0.15) is 16.0 Å². The molecule has 130 valence electrons. The summed E-state index contributed by atoms with van der Waals surface area (Å²) < 4.78 is 1.07. The number of benzene rings is 2. The standard InChI is InChI=1S/C19H14BrN3O2S/c1-9-7-11(8-10(2)15(9)20)21-19-23-18(25)16(26-19)14-12-5-3-4-6-13(12)22-17(14)24/h3-8,25H,1-2H3,(H,21,23). The molecule has 4 rings (SSSR count). The van der Waals surface area contributed by atoms with Crippen LogP contribution >= 0.6 is 27.3 Å². The number of thiazole rings is 1. The van der Waals surface area contributed by atoms with E-state index in [1.807, 2.05) is 44.2 Å². The Balaban J connectivity index is 1.76. The van der Waals surface area contributed by atoms with Crippen LogP contribution in [-0.4, -0.2) is 16.0 Å². The van der Waals surface area contributed by atoms with Gasteiger partial charge < -0.3 is 10.4 Å². The van der Waals surface area contributed by atoms with Crippen molar-refractivity contribution in [1.82, 2.24) is 4.98 Å². The van der Waals surface area contributed by atoms with Crippen molar-refractivity contribution in [3.63, 3.8) is 0 Å². The van der Waals surface area contributed by atoms with Crippen molar-refractivity contribution < 1.29 is 9.90 Å². The summed E-state index contributed by atoms with van der Waals surface area (Å²) in [7, 11) is 0. The van der Waals surface area contributed by atoms with Crippen molar-refractivity contribution in [3.05, 3.63) is 67.5 Å². The van der Waals surface area contributed by atoms with E-state index in [0.29, 0.717) is 20.9 Å².